The second-order valence-corrected chi connectivity index (χ2v) is 17.5. The molecule has 10 rings (SSSR count). The summed E-state index contributed by atoms with van der Waals surface area (Å²) in [5.41, 5.74) is 11.5. The number of pyridine rings is 2. The molecule has 0 saturated carbocycles. The lowest BCUT2D eigenvalue weighted by molar-refractivity contribution is 0.640. The van der Waals surface area contributed by atoms with Gasteiger partial charge in [-0.25, -0.2) is 9.97 Å². The zero-order chi connectivity index (χ0) is 32.0. The quantitative estimate of drug-likeness (QED) is 0.146. The normalized spacial score (nSPS) is 14.8. The van der Waals surface area contributed by atoms with Gasteiger partial charge in [0.15, 0.2) is 8.07 Å². The van der Waals surface area contributed by atoms with Crippen LogP contribution in [0.15, 0.2) is 158 Å². The summed E-state index contributed by atoms with van der Waals surface area (Å²) in [5, 5.41) is 7.95. The molecular formula is C45H32N2Si. The van der Waals surface area contributed by atoms with Crippen molar-refractivity contribution in [3.63, 3.8) is 0 Å². The SMILES string of the molecule is CC1(C)c2ccccc2-c2cc3ccc4ccc(-c5ccc6c(c5)-c5ccccc5[Si]6(c5ccccc5)c5ccccc5)nc4c3nc21. The summed E-state index contributed by atoms with van der Waals surface area (Å²) < 4.78 is 0. The number of nitrogens with zero attached hydrogens (tertiary/aromatic N) is 2. The minimum atomic E-state index is -2.51. The Kier molecular flexibility index (Phi) is 5.68. The van der Waals surface area contributed by atoms with Crippen LogP contribution in [0.25, 0.3) is 55.3 Å². The summed E-state index contributed by atoms with van der Waals surface area (Å²) in [4.78, 5) is 10.8. The monoisotopic (exact) mass is 628 g/mol. The molecule has 2 aliphatic rings. The molecule has 0 radical (unpaired) electrons. The Morgan fingerprint density at radius 2 is 1.06 bits per heavy atom. The molecular weight excluding hydrogens is 597 g/mol. The Bertz CT molecular complexity index is 2550. The van der Waals surface area contributed by atoms with Gasteiger partial charge in [-0.3, -0.25) is 0 Å². The molecule has 3 heteroatoms. The van der Waals surface area contributed by atoms with Gasteiger partial charge in [0.25, 0.3) is 0 Å². The summed E-state index contributed by atoms with van der Waals surface area (Å²) >= 11 is 0. The molecule has 0 spiro atoms. The van der Waals surface area contributed by atoms with Gasteiger partial charge in [0, 0.05) is 27.3 Å². The maximum absolute atomic E-state index is 5.40. The Morgan fingerprint density at radius 3 is 1.83 bits per heavy atom. The highest BCUT2D eigenvalue weighted by atomic mass is 28.3. The molecule has 1 aliphatic carbocycles. The van der Waals surface area contributed by atoms with Crippen molar-refractivity contribution in [1.82, 2.24) is 9.97 Å². The van der Waals surface area contributed by atoms with Crippen LogP contribution >= 0.6 is 0 Å². The van der Waals surface area contributed by atoms with Crippen LogP contribution in [0, 0.1) is 0 Å². The van der Waals surface area contributed by atoms with E-state index in [9.17, 15) is 0 Å². The third kappa shape index (κ3) is 3.62. The van der Waals surface area contributed by atoms with Crippen LogP contribution in [0.4, 0.5) is 0 Å². The zero-order valence-corrected chi connectivity index (χ0v) is 27.9. The van der Waals surface area contributed by atoms with Crippen molar-refractivity contribution < 1.29 is 0 Å². The first-order chi connectivity index (χ1) is 23.5. The standard InChI is InChI=1S/C45H32N2Si/c1-45(2)38-19-11-9-17-34(38)37-28-31-22-21-29-23-25-39(46-42(29)43(31)47-44(37)45)30-24-26-41-36(27-30)35-18-10-12-20-40(35)48(41,32-13-5-3-6-14-32)33-15-7-4-8-16-33/h3-28H,1-2H3. The zero-order valence-electron chi connectivity index (χ0n) is 26.9. The average molecular weight is 629 g/mol. The topological polar surface area (TPSA) is 25.8 Å². The predicted molar refractivity (Wildman–Crippen MR) is 203 cm³/mol. The molecule has 48 heavy (non-hydrogen) atoms. The minimum absolute atomic E-state index is 0.166. The van der Waals surface area contributed by atoms with E-state index < -0.39 is 8.07 Å². The number of rotatable bonds is 3. The van der Waals surface area contributed by atoms with Gasteiger partial charge in [-0.2, -0.15) is 0 Å². The number of hydrogen-bond acceptors (Lipinski definition) is 2. The van der Waals surface area contributed by atoms with Gasteiger partial charge in [-0.05, 0) is 61.2 Å². The minimum Gasteiger partial charge on any atom is -0.249 e. The van der Waals surface area contributed by atoms with Crippen LogP contribution in [-0.4, -0.2) is 18.0 Å². The average Bonchev–Trinajstić information content (AvgIpc) is 3.57. The van der Waals surface area contributed by atoms with Gasteiger partial charge in [0.2, 0.25) is 0 Å². The molecule has 8 aromatic rings. The maximum Gasteiger partial charge on any atom is 0.180 e. The van der Waals surface area contributed by atoms with E-state index in [0.717, 1.165) is 38.8 Å². The summed E-state index contributed by atoms with van der Waals surface area (Å²) in [6, 6.07) is 58.3. The first kappa shape index (κ1) is 27.5. The van der Waals surface area contributed by atoms with E-state index >= 15 is 0 Å². The van der Waals surface area contributed by atoms with E-state index in [4.69, 9.17) is 9.97 Å². The van der Waals surface area contributed by atoms with Gasteiger partial charge in [-0.15, -0.1) is 0 Å². The fourth-order valence-electron chi connectivity index (χ4n) is 8.66. The Balaban J connectivity index is 1.18. The van der Waals surface area contributed by atoms with Crippen LogP contribution in [-0.2, 0) is 5.41 Å². The van der Waals surface area contributed by atoms with E-state index in [0.29, 0.717) is 0 Å². The molecule has 226 valence electrons. The van der Waals surface area contributed by atoms with Crippen molar-refractivity contribution in [3.05, 3.63) is 169 Å². The number of fused-ring (bicyclic) bond motifs is 9. The van der Waals surface area contributed by atoms with E-state index in [1.165, 1.54) is 48.6 Å². The molecule has 0 unspecified atom stereocenters. The Hall–Kier alpha value is -5.64. The summed E-state index contributed by atoms with van der Waals surface area (Å²) in [6.45, 7) is 4.58. The predicted octanol–water partition coefficient (Wildman–Crippen LogP) is 8.11. The van der Waals surface area contributed by atoms with Crippen LogP contribution in [0.5, 0.6) is 0 Å². The van der Waals surface area contributed by atoms with E-state index in [2.05, 4.69) is 172 Å². The van der Waals surface area contributed by atoms with E-state index in [1.807, 2.05) is 0 Å². The number of benzene rings is 6. The van der Waals surface area contributed by atoms with Crippen LogP contribution in [0.3, 0.4) is 0 Å². The number of aromatic nitrogens is 2. The highest BCUT2D eigenvalue weighted by Crippen LogP contribution is 2.48. The molecule has 0 bridgehead atoms. The molecule has 0 fully saturated rings. The van der Waals surface area contributed by atoms with Crippen molar-refractivity contribution in [2.24, 2.45) is 0 Å². The first-order valence-corrected chi connectivity index (χ1v) is 18.8. The molecule has 2 nitrogen and oxygen atoms in total. The molecule has 0 saturated heterocycles. The summed E-state index contributed by atoms with van der Waals surface area (Å²) in [5.74, 6) is 0. The highest BCUT2D eigenvalue weighted by molar-refractivity contribution is 7.22. The van der Waals surface area contributed by atoms with Crippen molar-refractivity contribution >= 4 is 50.6 Å². The lowest BCUT2D eigenvalue weighted by atomic mass is 9.85. The van der Waals surface area contributed by atoms with Crippen molar-refractivity contribution in [2.75, 3.05) is 0 Å². The van der Waals surface area contributed by atoms with Crippen molar-refractivity contribution in [2.45, 2.75) is 19.3 Å². The first-order valence-electron chi connectivity index (χ1n) is 16.8. The molecule has 0 N–H and O–H groups in total. The van der Waals surface area contributed by atoms with Gasteiger partial charge in [0.1, 0.15) is 0 Å². The molecule has 0 amide bonds. The fourth-order valence-corrected chi connectivity index (χ4v) is 13.8. The number of hydrogen-bond donors (Lipinski definition) is 0. The Morgan fingerprint density at radius 1 is 0.458 bits per heavy atom. The van der Waals surface area contributed by atoms with Crippen molar-refractivity contribution in [1.29, 1.82) is 0 Å². The Labute approximate surface area is 281 Å². The van der Waals surface area contributed by atoms with Gasteiger partial charge in [-0.1, -0.05) is 153 Å². The second kappa shape index (κ2) is 9.93. The fraction of sp³-hybridized carbons (Fsp3) is 0.0667. The molecule has 3 heterocycles. The van der Waals surface area contributed by atoms with E-state index in [-0.39, 0.29) is 5.41 Å². The molecule has 6 aromatic carbocycles. The van der Waals surface area contributed by atoms with Crippen molar-refractivity contribution in [3.8, 4) is 33.5 Å². The van der Waals surface area contributed by atoms with Gasteiger partial charge in [0.05, 0.1) is 22.4 Å². The summed E-state index contributed by atoms with van der Waals surface area (Å²) in [6.07, 6.45) is 0. The molecule has 2 aromatic heterocycles. The van der Waals surface area contributed by atoms with Crippen LogP contribution < -0.4 is 20.7 Å². The third-order valence-electron chi connectivity index (χ3n) is 10.9. The smallest absolute Gasteiger partial charge is 0.180 e. The van der Waals surface area contributed by atoms with Crippen LogP contribution in [0.2, 0.25) is 0 Å². The summed E-state index contributed by atoms with van der Waals surface area (Å²) in [7, 11) is -2.51. The maximum atomic E-state index is 5.40. The van der Waals surface area contributed by atoms with Gasteiger partial charge < -0.3 is 0 Å². The second-order valence-electron chi connectivity index (χ2n) is 13.7. The molecule has 1 aliphatic heterocycles. The lowest BCUT2D eigenvalue weighted by Crippen LogP contribution is -2.72. The van der Waals surface area contributed by atoms with Gasteiger partial charge >= 0.3 is 0 Å². The third-order valence-corrected chi connectivity index (χ3v) is 15.8. The largest absolute Gasteiger partial charge is 0.249 e. The van der Waals surface area contributed by atoms with Crippen LogP contribution in [0.1, 0.15) is 25.1 Å². The molecule has 0 atom stereocenters. The van der Waals surface area contributed by atoms with E-state index in [1.54, 1.807) is 0 Å². The lowest BCUT2D eigenvalue weighted by Gasteiger charge is -2.31. The highest BCUT2D eigenvalue weighted by Gasteiger charge is 2.48.